The number of esters is 1. The van der Waals surface area contributed by atoms with E-state index in [1.54, 1.807) is 42.1 Å². The summed E-state index contributed by atoms with van der Waals surface area (Å²) in [5.41, 5.74) is 0.860. The number of furan rings is 1. The van der Waals surface area contributed by atoms with Gasteiger partial charge in [0.2, 0.25) is 5.91 Å². The summed E-state index contributed by atoms with van der Waals surface area (Å²) in [5.74, 6) is 0.156. The van der Waals surface area contributed by atoms with Crippen molar-refractivity contribution in [3.8, 4) is 0 Å². The zero-order chi connectivity index (χ0) is 18.5. The first kappa shape index (κ1) is 18.1. The molecule has 0 saturated heterocycles. The molecule has 0 saturated carbocycles. The third-order valence-electron chi connectivity index (χ3n) is 3.75. The molecule has 1 atom stereocenters. The molecule has 1 aromatic heterocycles. The fourth-order valence-corrected chi connectivity index (χ4v) is 3.30. The molecule has 136 valence electrons. The minimum atomic E-state index is -0.958. The molecule has 8 heteroatoms. The summed E-state index contributed by atoms with van der Waals surface area (Å²) in [6.07, 6.45) is 0.979. The molecule has 2 heterocycles. The van der Waals surface area contributed by atoms with Crippen molar-refractivity contribution in [3.05, 3.63) is 47.9 Å². The molecular formula is C18H18N2O5S. The second-order valence-electron chi connectivity index (χ2n) is 5.70. The Labute approximate surface area is 154 Å². The number of hydrogen-bond acceptors (Lipinski definition) is 6. The van der Waals surface area contributed by atoms with Crippen molar-refractivity contribution in [2.75, 3.05) is 11.1 Å². The molecule has 0 bridgehead atoms. The van der Waals surface area contributed by atoms with Gasteiger partial charge in [-0.2, -0.15) is 0 Å². The summed E-state index contributed by atoms with van der Waals surface area (Å²) in [7, 11) is 0. The SMILES string of the molecule is C[C@H](OC(=O)c1ccc2c(c1)NC(=O)CCS2)C(=O)NCc1ccco1. The molecule has 1 aromatic carbocycles. The Balaban J connectivity index is 1.60. The minimum Gasteiger partial charge on any atom is -0.467 e. The van der Waals surface area contributed by atoms with E-state index >= 15 is 0 Å². The summed E-state index contributed by atoms with van der Waals surface area (Å²) in [5, 5.41) is 5.41. The van der Waals surface area contributed by atoms with Crippen molar-refractivity contribution in [2.24, 2.45) is 0 Å². The number of carbonyl (C=O) groups is 3. The van der Waals surface area contributed by atoms with Crippen molar-refractivity contribution >= 4 is 35.2 Å². The molecule has 0 unspecified atom stereocenters. The van der Waals surface area contributed by atoms with Crippen LogP contribution in [-0.4, -0.2) is 29.6 Å². The van der Waals surface area contributed by atoms with E-state index in [4.69, 9.17) is 9.15 Å². The lowest BCUT2D eigenvalue weighted by atomic mass is 10.2. The number of hydrogen-bond donors (Lipinski definition) is 2. The fraction of sp³-hybridized carbons (Fsp3) is 0.278. The number of rotatable bonds is 5. The van der Waals surface area contributed by atoms with Crippen LogP contribution in [0.3, 0.4) is 0 Å². The van der Waals surface area contributed by atoms with Gasteiger partial charge in [0, 0.05) is 17.1 Å². The summed E-state index contributed by atoms with van der Waals surface area (Å²) in [6.45, 7) is 1.71. The Morgan fingerprint density at radius 1 is 1.38 bits per heavy atom. The van der Waals surface area contributed by atoms with E-state index in [1.165, 1.54) is 13.2 Å². The molecule has 1 aliphatic rings. The van der Waals surface area contributed by atoms with Crippen LogP contribution in [0.2, 0.25) is 0 Å². The van der Waals surface area contributed by atoms with Crippen molar-refractivity contribution < 1.29 is 23.5 Å². The second kappa shape index (κ2) is 8.09. The molecule has 0 radical (unpaired) electrons. The smallest absolute Gasteiger partial charge is 0.338 e. The van der Waals surface area contributed by atoms with Gasteiger partial charge < -0.3 is 19.8 Å². The van der Waals surface area contributed by atoms with Crippen LogP contribution in [0.15, 0.2) is 45.9 Å². The van der Waals surface area contributed by atoms with Gasteiger partial charge in [0.1, 0.15) is 5.76 Å². The predicted molar refractivity (Wildman–Crippen MR) is 95.8 cm³/mol. The summed E-state index contributed by atoms with van der Waals surface area (Å²) >= 11 is 1.55. The monoisotopic (exact) mass is 374 g/mol. The molecule has 0 spiro atoms. The maximum Gasteiger partial charge on any atom is 0.338 e. The number of amides is 2. The number of ether oxygens (including phenoxy) is 1. The first-order chi connectivity index (χ1) is 12.5. The summed E-state index contributed by atoms with van der Waals surface area (Å²) in [6, 6.07) is 8.42. The van der Waals surface area contributed by atoms with E-state index in [0.717, 1.165) is 4.90 Å². The lowest BCUT2D eigenvalue weighted by Gasteiger charge is -2.14. The zero-order valence-electron chi connectivity index (χ0n) is 14.1. The Morgan fingerprint density at radius 2 is 2.23 bits per heavy atom. The number of benzene rings is 1. The molecule has 2 amide bonds. The largest absolute Gasteiger partial charge is 0.467 e. The van der Waals surface area contributed by atoms with Crippen molar-refractivity contribution in [1.29, 1.82) is 0 Å². The molecular weight excluding hydrogens is 356 g/mol. The summed E-state index contributed by atoms with van der Waals surface area (Å²) < 4.78 is 10.3. The highest BCUT2D eigenvalue weighted by Crippen LogP contribution is 2.31. The van der Waals surface area contributed by atoms with Crippen LogP contribution >= 0.6 is 11.8 Å². The van der Waals surface area contributed by atoms with Crippen LogP contribution in [0.4, 0.5) is 5.69 Å². The Morgan fingerprint density at radius 3 is 3.00 bits per heavy atom. The average Bonchev–Trinajstić information content (AvgIpc) is 3.07. The van der Waals surface area contributed by atoms with Gasteiger partial charge in [-0.3, -0.25) is 9.59 Å². The molecule has 26 heavy (non-hydrogen) atoms. The van der Waals surface area contributed by atoms with Crippen LogP contribution in [-0.2, 0) is 20.9 Å². The van der Waals surface area contributed by atoms with Crippen LogP contribution in [0.5, 0.6) is 0 Å². The molecule has 0 aliphatic carbocycles. The third kappa shape index (κ3) is 4.45. The number of carbonyl (C=O) groups excluding carboxylic acids is 3. The Bertz CT molecular complexity index is 819. The first-order valence-corrected chi connectivity index (χ1v) is 9.09. The van der Waals surface area contributed by atoms with Crippen LogP contribution in [0.25, 0.3) is 0 Å². The normalized spacial score (nSPS) is 14.6. The lowest BCUT2D eigenvalue weighted by Crippen LogP contribution is -2.35. The van der Waals surface area contributed by atoms with E-state index < -0.39 is 18.0 Å². The van der Waals surface area contributed by atoms with E-state index in [2.05, 4.69) is 10.6 Å². The molecule has 2 N–H and O–H groups in total. The highest BCUT2D eigenvalue weighted by molar-refractivity contribution is 7.99. The number of nitrogens with one attached hydrogen (secondary N) is 2. The van der Waals surface area contributed by atoms with Gasteiger partial charge in [-0.1, -0.05) is 0 Å². The van der Waals surface area contributed by atoms with Gasteiger partial charge in [-0.15, -0.1) is 11.8 Å². The van der Waals surface area contributed by atoms with Gasteiger partial charge >= 0.3 is 5.97 Å². The molecule has 3 rings (SSSR count). The van der Waals surface area contributed by atoms with Crippen LogP contribution in [0.1, 0.15) is 29.5 Å². The van der Waals surface area contributed by atoms with Crippen LogP contribution < -0.4 is 10.6 Å². The number of anilines is 1. The average molecular weight is 374 g/mol. The summed E-state index contributed by atoms with van der Waals surface area (Å²) in [4.78, 5) is 36.9. The van der Waals surface area contributed by atoms with Crippen molar-refractivity contribution in [1.82, 2.24) is 5.32 Å². The number of fused-ring (bicyclic) bond motifs is 1. The van der Waals surface area contributed by atoms with Gasteiger partial charge in [0.05, 0.1) is 24.1 Å². The van der Waals surface area contributed by atoms with Crippen molar-refractivity contribution in [3.63, 3.8) is 0 Å². The van der Waals surface area contributed by atoms with Gasteiger partial charge in [-0.05, 0) is 37.3 Å². The van der Waals surface area contributed by atoms with Crippen molar-refractivity contribution in [2.45, 2.75) is 30.9 Å². The molecule has 1 aliphatic heterocycles. The topological polar surface area (TPSA) is 97.6 Å². The highest BCUT2D eigenvalue weighted by Gasteiger charge is 2.21. The van der Waals surface area contributed by atoms with E-state index in [-0.39, 0.29) is 18.0 Å². The maximum atomic E-state index is 12.3. The third-order valence-corrected chi connectivity index (χ3v) is 4.82. The lowest BCUT2D eigenvalue weighted by molar-refractivity contribution is -0.129. The number of thioether (sulfide) groups is 1. The Hall–Kier alpha value is -2.74. The highest BCUT2D eigenvalue weighted by atomic mass is 32.2. The van der Waals surface area contributed by atoms with Gasteiger partial charge in [0.15, 0.2) is 6.10 Å². The maximum absolute atomic E-state index is 12.3. The molecule has 2 aromatic rings. The van der Waals surface area contributed by atoms with Crippen LogP contribution in [0, 0.1) is 0 Å². The predicted octanol–water partition coefficient (Wildman–Crippen LogP) is 2.58. The van der Waals surface area contributed by atoms with E-state index in [9.17, 15) is 14.4 Å². The molecule has 7 nitrogen and oxygen atoms in total. The quantitative estimate of drug-likeness (QED) is 0.781. The zero-order valence-corrected chi connectivity index (χ0v) is 14.9. The molecule has 0 fully saturated rings. The fourth-order valence-electron chi connectivity index (χ4n) is 2.36. The van der Waals surface area contributed by atoms with Gasteiger partial charge in [0.25, 0.3) is 5.91 Å². The Kier molecular flexibility index (Phi) is 5.62. The standard InChI is InChI=1S/C18H18N2O5S/c1-11(17(22)19-10-13-3-2-7-24-13)25-18(23)12-4-5-15-14(9-12)20-16(21)6-8-26-15/h2-5,7,9,11H,6,8,10H2,1H3,(H,19,22)(H,20,21)/t11-/m0/s1. The van der Waals surface area contributed by atoms with E-state index in [1.807, 2.05) is 0 Å². The minimum absolute atomic E-state index is 0.0903. The first-order valence-electron chi connectivity index (χ1n) is 8.10. The second-order valence-corrected chi connectivity index (χ2v) is 6.84. The van der Waals surface area contributed by atoms with E-state index in [0.29, 0.717) is 23.6 Å². The van der Waals surface area contributed by atoms with Gasteiger partial charge in [-0.25, -0.2) is 4.79 Å².